The third-order valence-electron chi connectivity index (χ3n) is 5.47. The molecule has 2 N–H and O–H groups in total. The van der Waals surface area contributed by atoms with Gasteiger partial charge in [-0.3, -0.25) is 14.4 Å². The molecule has 0 aromatic carbocycles. The van der Waals surface area contributed by atoms with Gasteiger partial charge in [0.25, 0.3) is 0 Å². The van der Waals surface area contributed by atoms with Crippen molar-refractivity contribution in [3.05, 3.63) is 12.2 Å². The molecular formula is C22H34O7. The minimum atomic E-state index is -1.41. The Labute approximate surface area is 178 Å². The van der Waals surface area contributed by atoms with Gasteiger partial charge in [-0.2, -0.15) is 0 Å². The number of methoxy groups -OCH3 is 1. The minimum Gasteiger partial charge on any atom is -0.469 e. The molecule has 1 heterocycles. The second-order valence-electron chi connectivity index (χ2n) is 7.45. The van der Waals surface area contributed by atoms with Gasteiger partial charge in [0.2, 0.25) is 0 Å². The van der Waals surface area contributed by atoms with E-state index in [9.17, 15) is 24.6 Å². The van der Waals surface area contributed by atoms with Crippen molar-refractivity contribution in [1.82, 2.24) is 0 Å². The summed E-state index contributed by atoms with van der Waals surface area (Å²) in [4.78, 5) is 36.4. The number of unbranched alkanes of at least 4 members (excludes halogenated alkanes) is 1. The predicted molar refractivity (Wildman–Crippen MR) is 106 cm³/mol. The monoisotopic (exact) mass is 414 g/mol. The fraction of sp³-hybridized carbons (Fsp3) is 0.773. The topological polar surface area (TPSA) is 110 Å². The van der Waals surface area contributed by atoms with E-state index in [2.05, 4.69) is 4.74 Å². The van der Waals surface area contributed by atoms with Gasteiger partial charge in [-0.1, -0.05) is 38.3 Å². The molecule has 1 saturated heterocycles. The van der Waals surface area contributed by atoms with Gasteiger partial charge in [-0.25, -0.2) is 0 Å². The number of rotatable bonds is 12. The lowest BCUT2D eigenvalue weighted by atomic mass is 9.80. The zero-order valence-corrected chi connectivity index (χ0v) is 16.9. The van der Waals surface area contributed by atoms with Crippen LogP contribution in [0.25, 0.3) is 0 Å². The predicted octanol–water partition coefficient (Wildman–Crippen LogP) is 2.32. The maximum Gasteiger partial charge on any atom is 0.317 e. The van der Waals surface area contributed by atoms with Gasteiger partial charge >= 0.3 is 11.9 Å². The summed E-state index contributed by atoms with van der Waals surface area (Å²) in [5.74, 6) is -3.64. The van der Waals surface area contributed by atoms with E-state index in [1.54, 1.807) is 0 Å². The number of carbonyl (C=O) groups excluding carboxylic acids is 3. The Morgan fingerprint density at radius 3 is 2.76 bits per heavy atom. The molecule has 0 amide bonds. The second-order valence-corrected chi connectivity index (χ2v) is 7.45. The summed E-state index contributed by atoms with van der Waals surface area (Å²) in [6.07, 6.45) is -3.63. The molecule has 0 aromatic rings. The molecule has 1 saturated carbocycles. The molecule has 7 heteroatoms. The van der Waals surface area contributed by atoms with Crippen LogP contribution in [0, 0.1) is 17.8 Å². The van der Waals surface area contributed by atoms with E-state index < -0.39 is 67.6 Å². The van der Waals surface area contributed by atoms with Crippen LogP contribution < -0.4 is 0 Å². The molecule has 0 radical (unpaired) electrons. The number of aliphatic hydroxyl groups excluding tert-OH is 2. The first-order chi connectivity index (χ1) is 15.5. The van der Waals surface area contributed by atoms with E-state index >= 15 is 0 Å². The summed E-state index contributed by atoms with van der Waals surface area (Å²) >= 11 is 0. The van der Waals surface area contributed by atoms with Gasteiger partial charge in [0, 0.05) is 36.6 Å². The number of ketones is 1. The lowest BCUT2D eigenvalue weighted by molar-refractivity contribution is -0.148. The molecule has 1 aliphatic carbocycles. The first-order valence-electron chi connectivity index (χ1n) is 12.3. The van der Waals surface area contributed by atoms with Crippen LogP contribution in [0.15, 0.2) is 12.2 Å². The molecule has 29 heavy (non-hydrogen) atoms. The van der Waals surface area contributed by atoms with Crippen LogP contribution >= 0.6 is 0 Å². The average Bonchev–Trinajstić information content (AvgIpc) is 3.24. The van der Waals surface area contributed by atoms with Crippen molar-refractivity contribution < 1.29 is 39.6 Å². The second kappa shape index (κ2) is 11.5. The van der Waals surface area contributed by atoms with Crippen molar-refractivity contribution in [3.63, 3.8) is 0 Å². The van der Waals surface area contributed by atoms with Crippen molar-refractivity contribution in [2.24, 2.45) is 17.8 Å². The molecule has 0 aromatic heterocycles. The Balaban J connectivity index is 2.04. The molecular weight excluding hydrogens is 376 g/mol. The van der Waals surface area contributed by atoms with Gasteiger partial charge in [0.05, 0.1) is 19.3 Å². The third-order valence-corrected chi connectivity index (χ3v) is 5.47. The molecule has 2 aliphatic rings. The van der Waals surface area contributed by atoms with Crippen LogP contribution in [0.2, 0.25) is 0 Å². The summed E-state index contributed by atoms with van der Waals surface area (Å²) in [6.45, 7) is 1.45. The van der Waals surface area contributed by atoms with E-state index in [1.165, 1.54) is 26.2 Å². The van der Waals surface area contributed by atoms with Crippen LogP contribution in [-0.4, -0.2) is 53.4 Å². The Morgan fingerprint density at radius 1 is 1.34 bits per heavy atom. The minimum absolute atomic E-state index is 0.0840. The number of Topliss-reactive ketones (excluding diaryl/α,β-unsaturated/α-hetero) is 1. The number of esters is 2. The zero-order valence-electron chi connectivity index (χ0n) is 20.9. The van der Waals surface area contributed by atoms with Gasteiger partial charge in [-0.15, -0.1) is 0 Å². The Kier molecular flexibility index (Phi) is 7.14. The quantitative estimate of drug-likeness (QED) is 0.218. The van der Waals surface area contributed by atoms with Crippen LogP contribution in [0.1, 0.15) is 70.1 Å². The molecule has 1 aliphatic heterocycles. The molecule has 2 rings (SSSR count). The van der Waals surface area contributed by atoms with Gasteiger partial charge in [-0.05, 0) is 19.2 Å². The van der Waals surface area contributed by atoms with Gasteiger partial charge in [0.1, 0.15) is 17.8 Å². The molecule has 2 fully saturated rings. The van der Waals surface area contributed by atoms with Crippen LogP contribution in [0.4, 0.5) is 0 Å². The van der Waals surface area contributed by atoms with Gasteiger partial charge in [0.15, 0.2) is 0 Å². The summed E-state index contributed by atoms with van der Waals surface area (Å²) in [6, 6.07) is 0. The lowest BCUT2D eigenvalue weighted by Gasteiger charge is -2.21. The molecule has 7 nitrogen and oxygen atoms in total. The van der Waals surface area contributed by atoms with Crippen LogP contribution in [-0.2, 0) is 23.9 Å². The van der Waals surface area contributed by atoms with Crippen molar-refractivity contribution >= 4 is 17.7 Å². The zero-order chi connectivity index (χ0) is 24.9. The van der Waals surface area contributed by atoms with Crippen LogP contribution in [0.5, 0.6) is 0 Å². The summed E-state index contributed by atoms with van der Waals surface area (Å²) in [7, 11) is 1.28. The van der Waals surface area contributed by atoms with E-state index in [1.807, 2.05) is 0 Å². The highest BCUT2D eigenvalue weighted by atomic mass is 16.6. The summed E-state index contributed by atoms with van der Waals surface area (Å²) in [5.41, 5.74) is 0. The molecule has 5 unspecified atom stereocenters. The number of fused-ring (bicyclic) bond motifs is 1. The maximum absolute atomic E-state index is 12.8. The normalized spacial score (nSPS) is 36.0. The van der Waals surface area contributed by atoms with E-state index in [4.69, 9.17) is 10.2 Å². The highest BCUT2D eigenvalue weighted by molar-refractivity contribution is 6.00. The van der Waals surface area contributed by atoms with Crippen molar-refractivity contribution in [2.75, 3.05) is 7.11 Å². The highest BCUT2D eigenvalue weighted by Crippen LogP contribution is 2.46. The number of carbonyl (C=O) groups is 3. The number of hydrogen-bond donors (Lipinski definition) is 2. The number of ether oxygens (including phenoxy) is 2. The fourth-order valence-electron chi connectivity index (χ4n) is 4.02. The summed E-state index contributed by atoms with van der Waals surface area (Å²) < 4.78 is 41.2. The Morgan fingerprint density at radius 2 is 2.07 bits per heavy atom. The van der Waals surface area contributed by atoms with E-state index in [0.29, 0.717) is 12.8 Å². The number of aliphatic hydroxyl groups is 2. The van der Waals surface area contributed by atoms with Gasteiger partial charge < -0.3 is 19.7 Å². The van der Waals surface area contributed by atoms with Crippen molar-refractivity contribution in [1.29, 1.82) is 0 Å². The highest BCUT2D eigenvalue weighted by Gasteiger charge is 2.56. The standard InChI is InChI=1S/C22H34O7/c1-3-4-5-8-14(23)11-12-15-17(25)13-18-20(15)21(22(27)29-18)16(24)9-6-7-10-19(26)28-2/h11-12,14-15,17-18,20-21,23,25H,3-10,13H2,1-2H3/b12-11+/t14-,15-,17+,18-,20+,21?/m0/s1/i3D,4D,5D,8D/t3?,4?,5?,8?,14-,15-,17+,18-,20+,21?. The SMILES string of the molecule is [2H]C(C)C([2H])C([2H])C([2H])[C@H](O)/C=C/[C@@H]1[C@H]2C(C(=O)CCCCC(=O)OC)C(=O)O[C@H]2C[C@H]1O. The van der Waals surface area contributed by atoms with E-state index in [-0.39, 0.29) is 31.0 Å². The van der Waals surface area contributed by atoms with Crippen LogP contribution in [0.3, 0.4) is 0 Å². The van der Waals surface area contributed by atoms with Crippen molar-refractivity contribution in [3.8, 4) is 0 Å². The largest absolute Gasteiger partial charge is 0.469 e. The Hall–Kier alpha value is -1.73. The molecule has 0 spiro atoms. The van der Waals surface area contributed by atoms with Crippen molar-refractivity contribution in [2.45, 2.75) is 82.9 Å². The lowest BCUT2D eigenvalue weighted by Crippen LogP contribution is -2.31. The van der Waals surface area contributed by atoms with E-state index in [0.717, 1.165) is 0 Å². The average molecular weight is 415 g/mol. The molecule has 10 atom stereocenters. The smallest absolute Gasteiger partial charge is 0.317 e. The molecule has 0 bridgehead atoms. The fourth-order valence-corrected chi connectivity index (χ4v) is 4.02. The maximum atomic E-state index is 12.8. The first-order valence-corrected chi connectivity index (χ1v) is 10.0. The third kappa shape index (κ3) is 6.37. The Bertz CT molecular complexity index is 732. The first kappa shape index (κ1) is 18.1. The molecule has 164 valence electrons. The number of hydrogen-bond acceptors (Lipinski definition) is 7. The summed E-state index contributed by atoms with van der Waals surface area (Å²) in [5, 5.41) is 20.8.